The summed E-state index contributed by atoms with van der Waals surface area (Å²) in [6, 6.07) is 60.5. The van der Waals surface area contributed by atoms with E-state index in [2.05, 4.69) is 170 Å². The lowest BCUT2D eigenvalue weighted by Crippen LogP contribution is -2.14. The molecule has 6 heteroatoms. The van der Waals surface area contributed by atoms with E-state index in [4.69, 9.17) is 19.4 Å². The van der Waals surface area contributed by atoms with Crippen molar-refractivity contribution in [1.29, 1.82) is 0 Å². The molecule has 282 valence electrons. The molecule has 0 atom stereocenters. The first-order valence-corrected chi connectivity index (χ1v) is 21.2. The van der Waals surface area contributed by atoms with Gasteiger partial charge in [0.15, 0.2) is 17.5 Å². The highest BCUT2D eigenvalue weighted by Crippen LogP contribution is 2.53. The van der Waals surface area contributed by atoms with Crippen LogP contribution in [0.1, 0.15) is 25.0 Å². The van der Waals surface area contributed by atoms with Crippen LogP contribution in [0.4, 0.5) is 0 Å². The number of furan rings is 1. The molecule has 12 aromatic rings. The van der Waals surface area contributed by atoms with Crippen molar-refractivity contribution in [3.05, 3.63) is 181 Å². The van der Waals surface area contributed by atoms with Gasteiger partial charge in [-0.15, -0.1) is 11.3 Å². The second-order valence-corrected chi connectivity index (χ2v) is 17.4. The fourth-order valence-corrected chi connectivity index (χ4v) is 11.0. The van der Waals surface area contributed by atoms with Crippen molar-refractivity contribution in [1.82, 2.24) is 19.5 Å². The van der Waals surface area contributed by atoms with Crippen molar-refractivity contribution in [2.75, 3.05) is 0 Å². The van der Waals surface area contributed by atoms with Gasteiger partial charge in [-0.3, -0.25) is 0 Å². The molecule has 0 N–H and O–H groups in total. The van der Waals surface area contributed by atoms with E-state index in [1.54, 1.807) is 11.3 Å². The molecule has 0 aliphatic heterocycles. The second-order valence-electron chi connectivity index (χ2n) is 16.3. The Labute approximate surface area is 348 Å². The minimum atomic E-state index is -0.0759. The Bertz CT molecular complexity index is 3760. The third-order valence-corrected chi connectivity index (χ3v) is 13.9. The quantitative estimate of drug-likeness (QED) is 0.178. The van der Waals surface area contributed by atoms with Crippen LogP contribution in [0, 0.1) is 0 Å². The number of nitrogens with zero attached hydrogens (tertiary/aromatic N) is 4. The summed E-state index contributed by atoms with van der Waals surface area (Å²) in [6.07, 6.45) is 0. The number of aromatic nitrogens is 4. The fraction of sp³-hybridized carbons (Fsp3) is 0.0556. The van der Waals surface area contributed by atoms with Gasteiger partial charge in [-0.25, -0.2) is 15.0 Å². The molecule has 0 amide bonds. The van der Waals surface area contributed by atoms with Crippen molar-refractivity contribution in [3.63, 3.8) is 0 Å². The number of rotatable bonds is 4. The van der Waals surface area contributed by atoms with Crippen LogP contribution in [-0.4, -0.2) is 19.5 Å². The molecule has 0 fully saturated rings. The van der Waals surface area contributed by atoms with Crippen molar-refractivity contribution < 1.29 is 4.42 Å². The molecule has 0 saturated carbocycles. The number of hydrogen-bond donors (Lipinski definition) is 0. The van der Waals surface area contributed by atoms with Gasteiger partial charge in [0, 0.05) is 69.5 Å². The molecule has 4 aromatic heterocycles. The van der Waals surface area contributed by atoms with Crippen LogP contribution in [0.2, 0.25) is 0 Å². The van der Waals surface area contributed by atoms with E-state index in [1.807, 2.05) is 18.2 Å². The Kier molecular flexibility index (Phi) is 6.88. The van der Waals surface area contributed by atoms with Crippen LogP contribution in [0.3, 0.4) is 0 Å². The van der Waals surface area contributed by atoms with Gasteiger partial charge in [-0.1, -0.05) is 117 Å². The van der Waals surface area contributed by atoms with Gasteiger partial charge in [-0.05, 0) is 89.0 Å². The lowest BCUT2D eigenvalue weighted by atomic mass is 9.82. The molecule has 60 heavy (non-hydrogen) atoms. The third-order valence-electron chi connectivity index (χ3n) is 12.7. The first kappa shape index (κ1) is 33.6. The number of thiophene rings is 1. The number of benzene rings is 8. The maximum Gasteiger partial charge on any atom is 0.165 e. The fourth-order valence-electron chi connectivity index (χ4n) is 9.83. The largest absolute Gasteiger partial charge is 0.456 e. The van der Waals surface area contributed by atoms with Gasteiger partial charge in [0.05, 0.1) is 11.0 Å². The topological polar surface area (TPSA) is 56.7 Å². The zero-order valence-electron chi connectivity index (χ0n) is 32.8. The minimum Gasteiger partial charge on any atom is -0.456 e. The van der Waals surface area contributed by atoms with Gasteiger partial charge < -0.3 is 8.98 Å². The molecular formula is C54H34N4OS. The summed E-state index contributed by atoms with van der Waals surface area (Å²) in [4.78, 5) is 15.6. The Balaban J connectivity index is 0.990. The monoisotopic (exact) mass is 786 g/mol. The Morgan fingerprint density at radius 1 is 0.483 bits per heavy atom. The number of para-hydroxylation sites is 2. The van der Waals surface area contributed by atoms with Crippen LogP contribution in [0.25, 0.3) is 115 Å². The van der Waals surface area contributed by atoms with Crippen LogP contribution >= 0.6 is 11.3 Å². The van der Waals surface area contributed by atoms with Gasteiger partial charge in [0.2, 0.25) is 0 Å². The Morgan fingerprint density at radius 3 is 2.03 bits per heavy atom. The number of hydrogen-bond acceptors (Lipinski definition) is 5. The first-order chi connectivity index (χ1) is 29.5. The molecule has 0 saturated heterocycles. The molecule has 0 unspecified atom stereocenters. The predicted molar refractivity (Wildman–Crippen MR) is 248 cm³/mol. The van der Waals surface area contributed by atoms with Crippen LogP contribution in [-0.2, 0) is 5.41 Å². The summed E-state index contributed by atoms with van der Waals surface area (Å²) in [5.41, 5.74) is 13.2. The highest BCUT2D eigenvalue weighted by Gasteiger charge is 2.37. The van der Waals surface area contributed by atoms with Gasteiger partial charge >= 0.3 is 0 Å². The average molecular weight is 787 g/mol. The molecule has 0 spiro atoms. The van der Waals surface area contributed by atoms with E-state index in [0.29, 0.717) is 17.5 Å². The summed E-state index contributed by atoms with van der Waals surface area (Å²) < 4.78 is 11.1. The maximum atomic E-state index is 6.33. The summed E-state index contributed by atoms with van der Waals surface area (Å²) >= 11 is 1.78. The summed E-state index contributed by atoms with van der Waals surface area (Å²) in [5.74, 6) is 1.85. The second kappa shape index (κ2) is 12.3. The van der Waals surface area contributed by atoms with Gasteiger partial charge in [0.25, 0.3) is 0 Å². The maximum absolute atomic E-state index is 6.33. The molecule has 13 rings (SSSR count). The average Bonchev–Trinajstić information content (AvgIpc) is 4.03. The zero-order valence-corrected chi connectivity index (χ0v) is 33.6. The predicted octanol–water partition coefficient (Wildman–Crippen LogP) is 14.5. The van der Waals surface area contributed by atoms with E-state index in [0.717, 1.165) is 49.0 Å². The summed E-state index contributed by atoms with van der Waals surface area (Å²) in [7, 11) is 0. The third kappa shape index (κ3) is 4.71. The molecule has 0 bridgehead atoms. The zero-order chi connectivity index (χ0) is 39.7. The number of fused-ring (bicyclic) bond motifs is 13. The van der Waals surface area contributed by atoms with Crippen molar-refractivity contribution in [2.45, 2.75) is 19.3 Å². The molecule has 0 radical (unpaired) electrons. The lowest BCUT2D eigenvalue weighted by molar-refractivity contribution is 0.661. The lowest BCUT2D eigenvalue weighted by Gasteiger charge is -2.21. The van der Waals surface area contributed by atoms with Crippen molar-refractivity contribution in [2.24, 2.45) is 0 Å². The van der Waals surface area contributed by atoms with Crippen molar-refractivity contribution in [3.8, 4) is 51.0 Å². The van der Waals surface area contributed by atoms with E-state index in [9.17, 15) is 0 Å². The Hall–Kier alpha value is -7.41. The van der Waals surface area contributed by atoms with E-state index in [1.165, 1.54) is 59.5 Å². The van der Waals surface area contributed by atoms with Crippen LogP contribution < -0.4 is 0 Å². The Morgan fingerprint density at radius 2 is 1.15 bits per heavy atom. The SMILES string of the molecule is CC1(C)c2ccccc2-c2c1ccc1c2c2ccccc2n1-c1ccc(-c2nc(-c3ccc4c(c3)oc3ccccc34)nc(-c3cccc4c3sc3ccccc34)n2)cc1. The molecule has 8 aromatic carbocycles. The summed E-state index contributed by atoms with van der Waals surface area (Å²) in [5, 5.41) is 7.15. The molecule has 4 heterocycles. The van der Waals surface area contributed by atoms with Crippen molar-refractivity contribution >= 4 is 75.3 Å². The highest BCUT2D eigenvalue weighted by atomic mass is 32.1. The summed E-state index contributed by atoms with van der Waals surface area (Å²) in [6.45, 7) is 4.69. The van der Waals surface area contributed by atoms with E-state index < -0.39 is 0 Å². The molecule has 1 aliphatic carbocycles. The highest BCUT2D eigenvalue weighted by molar-refractivity contribution is 7.26. The molecule has 1 aliphatic rings. The van der Waals surface area contributed by atoms with E-state index in [-0.39, 0.29) is 5.41 Å². The molecular weight excluding hydrogens is 753 g/mol. The van der Waals surface area contributed by atoms with Crippen LogP contribution in [0.15, 0.2) is 174 Å². The van der Waals surface area contributed by atoms with Gasteiger partial charge in [-0.2, -0.15) is 0 Å². The molecule has 5 nitrogen and oxygen atoms in total. The smallest absolute Gasteiger partial charge is 0.165 e. The standard InChI is InChI=1S/C54H34N4OS/c1-54(2)41-18-7-3-14-38(41)48-42(54)28-29-44-49(48)39-15-4-8-19-43(39)58(44)33-25-22-31(23-26-33)51-55-52(32-24-27-35-34-12-5-9-20-45(34)59-46(35)30-32)57-53(56-51)40-17-11-16-37-36-13-6-10-21-47(36)60-50(37)40/h3-30H,1-2H3. The van der Waals surface area contributed by atoms with E-state index >= 15 is 0 Å². The normalized spacial score (nSPS) is 13.3. The minimum absolute atomic E-state index is 0.0759. The first-order valence-electron chi connectivity index (χ1n) is 20.4. The van der Waals surface area contributed by atoms with Crippen LogP contribution in [0.5, 0.6) is 0 Å². The van der Waals surface area contributed by atoms with Gasteiger partial charge in [0.1, 0.15) is 11.2 Å².